The number of imidazole rings is 1. The van der Waals surface area contributed by atoms with Crippen LogP contribution in [0.1, 0.15) is 22.5 Å². The van der Waals surface area contributed by atoms with E-state index in [9.17, 15) is 4.79 Å². The van der Waals surface area contributed by atoms with Gasteiger partial charge in [-0.3, -0.25) is 4.79 Å². The molecule has 1 fully saturated rings. The van der Waals surface area contributed by atoms with Crippen LogP contribution in [0.25, 0.3) is 0 Å². The maximum Gasteiger partial charge on any atom is 0.211 e. The van der Waals surface area contributed by atoms with Crippen LogP contribution in [0, 0.1) is 0 Å². The number of hydrogen-bond donors (Lipinski definition) is 0. The van der Waals surface area contributed by atoms with Crippen LogP contribution in [0.2, 0.25) is 0 Å². The molecule has 0 spiro atoms. The van der Waals surface area contributed by atoms with Crippen molar-refractivity contribution in [3.05, 3.63) is 46.2 Å². The van der Waals surface area contributed by atoms with Crippen LogP contribution in [0.5, 0.6) is 0 Å². The van der Waals surface area contributed by atoms with E-state index >= 15 is 0 Å². The normalized spacial score (nSPS) is 15.4. The maximum absolute atomic E-state index is 12.6. The highest BCUT2D eigenvalue weighted by molar-refractivity contribution is 9.10. The maximum atomic E-state index is 12.6. The molecule has 0 aliphatic carbocycles. The molecule has 0 amide bonds. The predicted molar refractivity (Wildman–Crippen MR) is 110 cm³/mol. The number of hydrogen-bond acceptors (Lipinski definition) is 5. The Balaban J connectivity index is 1.53. The van der Waals surface area contributed by atoms with Gasteiger partial charge in [0.05, 0.1) is 6.20 Å². The molecular weight excluding hydrogens is 418 g/mol. The van der Waals surface area contributed by atoms with Gasteiger partial charge in [-0.25, -0.2) is 4.98 Å². The zero-order valence-corrected chi connectivity index (χ0v) is 17.5. The summed E-state index contributed by atoms with van der Waals surface area (Å²) in [6.07, 6.45) is 2.84. The largest absolute Gasteiger partial charge is 0.319 e. The quantitative estimate of drug-likeness (QED) is 0.371. The standard InChI is InChI=1S/C18H22BrN3OS2/c1-21-16(17(23)14-3-5-15(19)6-4-14)13-20-18(21)25-10-2-7-22-8-11-24-12-9-22/h3-6,13H,2,7-12H2,1H3. The SMILES string of the molecule is Cn1c(C(=O)c2ccc(Br)cc2)cnc1SCCCN1CCSCC1. The first-order valence-electron chi connectivity index (χ1n) is 8.40. The van der Waals surface area contributed by atoms with Crippen molar-refractivity contribution in [1.82, 2.24) is 14.5 Å². The van der Waals surface area contributed by atoms with Crippen molar-refractivity contribution < 1.29 is 4.79 Å². The Morgan fingerprint density at radius 3 is 2.72 bits per heavy atom. The van der Waals surface area contributed by atoms with Gasteiger partial charge < -0.3 is 9.47 Å². The molecule has 0 N–H and O–H groups in total. The zero-order chi connectivity index (χ0) is 17.6. The minimum absolute atomic E-state index is 0.0140. The number of carbonyl (C=O) groups is 1. The first-order valence-corrected chi connectivity index (χ1v) is 11.3. The number of rotatable bonds is 7. The molecule has 3 rings (SSSR count). The number of aromatic nitrogens is 2. The predicted octanol–water partition coefficient (Wildman–Crippen LogP) is 3.94. The second-order valence-electron chi connectivity index (χ2n) is 5.98. The van der Waals surface area contributed by atoms with Gasteiger partial charge >= 0.3 is 0 Å². The molecule has 25 heavy (non-hydrogen) atoms. The summed E-state index contributed by atoms with van der Waals surface area (Å²) >= 11 is 7.17. The molecule has 0 radical (unpaired) electrons. The average Bonchev–Trinajstić information content (AvgIpc) is 3.00. The van der Waals surface area contributed by atoms with Crippen molar-refractivity contribution in [1.29, 1.82) is 0 Å². The molecule has 0 unspecified atom stereocenters. The third-order valence-corrected chi connectivity index (χ3v) is 6.84. The fourth-order valence-corrected chi connectivity index (χ4v) is 4.88. The van der Waals surface area contributed by atoms with Crippen LogP contribution in [0.3, 0.4) is 0 Å². The van der Waals surface area contributed by atoms with Gasteiger partial charge in [0.1, 0.15) is 5.69 Å². The third kappa shape index (κ3) is 5.12. The number of halogens is 1. The Morgan fingerprint density at radius 2 is 2.00 bits per heavy atom. The Bertz CT molecular complexity index is 712. The monoisotopic (exact) mass is 439 g/mol. The number of thioether (sulfide) groups is 2. The van der Waals surface area contributed by atoms with Gasteiger partial charge in [-0.15, -0.1) is 0 Å². The van der Waals surface area contributed by atoms with Crippen LogP contribution in [-0.2, 0) is 7.05 Å². The van der Waals surface area contributed by atoms with Gasteiger partial charge in [0.15, 0.2) is 5.16 Å². The second-order valence-corrected chi connectivity index (χ2v) is 9.18. The number of benzene rings is 1. The van der Waals surface area contributed by atoms with Crippen molar-refractivity contribution in [2.45, 2.75) is 11.6 Å². The highest BCUT2D eigenvalue weighted by Crippen LogP contribution is 2.21. The van der Waals surface area contributed by atoms with Gasteiger partial charge in [0, 0.05) is 47.4 Å². The number of ketones is 1. The average molecular weight is 440 g/mol. The minimum atomic E-state index is 0.0140. The summed E-state index contributed by atoms with van der Waals surface area (Å²) in [5.74, 6) is 3.56. The van der Waals surface area contributed by atoms with Crippen molar-refractivity contribution in [2.75, 3.05) is 36.9 Å². The first-order chi connectivity index (χ1) is 12.1. The van der Waals surface area contributed by atoms with Gasteiger partial charge in [-0.05, 0) is 37.2 Å². The lowest BCUT2D eigenvalue weighted by Gasteiger charge is -2.25. The van der Waals surface area contributed by atoms with Crippen molar-refractivity contribution in [2.24, 2.45) is 7.05 Å². The van der Waals surface area contributed by atoms with Gasteiger partial charge in [-0.2, -0.15) is 11.8 Å². The van der Waals surface area contributed by atoms with Crippen LogP contribution in [-0.4, -0.2) is 57.1 Å². The van der Waals surface area contributed by atoms with Gasteiger partial charge in [0.2, 0.25) is 5.78 Å². The van der Waals surface area contributed by atoms with Crippen LogP contribution >= 0.6 is 39.5 Å². The lowest BCUT2D eigenvalue weighted by atomic mass is 10.1. The van der Waals surface area contributed by atoms with E-state index in [-0.39, 0.29) is 5.78 Å². The Morgan fingerprint density at radius 1 is 1.28 bits per heavy atom. The lowest BCUT2D eigenvalue weighted by Crippen LogP contribution is -2.33. The Kier molecular flexibility index (Phi) is 7.04. The van der Waals surface area contributed by atoms with E-state index in [2.05, 4.69) is 25.8 Å². The van der Waals surface area contributed by atoms with E-state index in [4.69, 9.17) is 0 Å². The fourth-order valence-electron chi connectivity index (χ4n) is 2.76. The molecule has 1 aromatic heterocycles. The summed E-state index contributed by atoms with van der Waals surface area (Å²) in [7, 11) is 1.92. The van der Waals surface area contributed by atoms with Crippen LogP contribution in [0.15, 0.2) is 40.1 Å². The van der Waals surface area contributed by atoms with E-state index in [1.165, 1.54) is 24.6 Å². The van der Waals surface area contributed by atoms with Crippen molar-refractivity contribution in [3.8, 4) is 0 Å². The molecule has 2 aromatic rings. The Hall–Kier alpha value is -0.760. The molecule has 7 heteroatoms. The van der Waals surface area contributed by atoms with E-state index in [0.29, 0.717) is 11.3 Å². The zero-order valence-electron chi connectivity index (χ0n) is 14.3. The Labute approximate surface area is 165 Å². The second kappa shape index (κ2) is 9.26. The van der Waals surface area contributed by atoms with Crippen LogP contribution in [0.4, 0.5) is 0 Å². The number of nitrogens with zero attached hydrogens (tertiary/aromatic N) is 3. The summed E-state index contributed by atoms with van der Waals surface area (Å²) in [6, 6.07) is 7.45. The summed E-state index contributed by atoms with van der Waals surface area (Å²) in [4.78, 5) is 19.6. The summed E-state index contributed by atoms with van der Waals surface area (Å²) < 4.78 is 2.88. The smallest absolute Gasteiger partial charge is 0.211 e. The van der Waals surface area contributed by atoms with E-state index < -0.39 is 0 Å². The topological polar surface area (TPSA) is 38.1 Å². The third-order valence-electron chi connectivity index (χ3n) is 4.24. The fraction of sp³-hybridized carbons (Fsp3) is 0.444. The van der Waals surface area contributed by atoms with E-state index in [1.807, 2.05) is 47.6 Å². The molecule has 1 aliphatic heterocycles. The summed E-state index contributed by atoms with van der Waals surface area (Å²) in [5, 5.41) is 0.912. The van der Waals surface area contributed by atoms with E-state index in [0.717, 1.165) is 28.3 Å². The van der Waals surface area contributed by atoms with Gasteiger partial charge in [0.25, 0.3) is 0 Å². The lowest BCUT2D eigenvalue weighted by molar-refractivity contribution is 0.103. The minimum Gasteiger partial charge on any atom is -0.319 e. The van der Waals surface area contributed by atoms with Crippen LogP contribution < -0.4 is 0 Å². The summed E-state index contributed by atoms with van der Waals surface area (Å²) in [5.41, 5.74) is 1.32. The highest BCUT2D eigenvalue weighted by Gasteiger charge is 2.16. The highest BCUT2D eigenvalue weighted by atomic mass is 79.9. The molecule has 1 aliphatic rings. The molecule has 4 nitrogen and oxygen atoms in total. The molecule has 1 aromatic carbocycles. The van der Waals surface area contributed by atoms with E-state index in [1.54, 1.807) is 18.0 Å². The molecule has 2 heterocycles. The molecule has 134 valence electrons. The molecule has 0 saturated carbocycles. The van der Waals surface area contributed by atoms with Crippen molar-refractivity contribution >= 4 is 45.2 Å². The molecular formula is C18H22BrN3OS2. The summed E-state index contributed by atoms with van der Waals surface area (Å²) in [6.45, 7) is 3.58. The van der Waals surface area contributed by atoms with Gasteiger partial charge in [-0.1, -0.05) is 27.7 Å². The van der Waals surface area contributed by atoms with Crippen molar-refractivity contribution in [3.63, 3.8) is 0 Å². The molecule has 0 atom stereocenters. The first kappa shape index (κ1) is 19.0. The molecule has 0 bridgehead atoms. The molecule has 1 saturated heterocycles. The number of carbonyl (C=O) groups excluding carboxylic acids is 1.